The maximum absolute atomic E-state index is 8.43. The Balaban J connectivity index is 3.94. The summed E-state index contributed by atoms with van der Waals surface area (Å²) in [7, 11) is 0. The van der Waals surface area contributed by atoms with Crippen LogP contribution in [-0.2, 0) is 0 Å². The molecule has 0 aliphatic rings. The second-order valence-corrected chi connectivity index (χ2v) is 3.54. The molecular weight excluding hydrogens is 124 g/mol. The van der Waals surface area contributed by atoms with Crippen molar-refractivity contribution in [2.24, 2.45) is 5.41 Å². The monoisotopic (exact) mass is 136 g/mol. The van der Waals surface area contributed by atoms with Crippen LogP contribution >= 0.6 is 0 Å². The van der Waals surface area contributed by atoms with Crippen molar-refractivity contribution in [1.29, 1.82) is 5.26 Å². The zero-order valence-electron chi connectivity index (χ0n) is 6.68. The summed E-state index contributed by atoms with van der Waals surface area (Å²) in [6.07, 6.45) is 0.660. The van der Waals surface area contributed by atoms with Crippen molar-refractivity contribution in [3.63, 3.8) is 0 Å². The van der Waals surface area contributed by atoms with E-state index in [4.69, 9.17) is 11.8 Å². The van der Waals surface area contributed by atoms with Gasteiger partial charge in [0.2, 0.25) is 0 Å². The molecule has 0 heterocycles. The van der Waals surface area contributed by atoms with Crippen molar-refractivity contribution in [1.82, 2.24) is 0 Å². The zero-order valence-corrected chi connectivity index (χ0v) is 6.68. The molecule has 0 N–H and O–H groups in total. The summed E-state index contributed by atoms with van der Waals surface area (Å²) >= 11 is 0. The molecule has 1 unspecified atom stereocenters. The molecule has 2 nitrogen and oxygen atoms in total. The first kappa shape index (κ1) is 8.98. The van der Waals surface area contributed by atoms with Crippen molar-refractivity contribution in [2.75, 3.05) is 0 Å². The van der Waals surface area contributed by atoms with E-state index in [2.05, 4.69) is 4.85 Å². The standard InChI is InChI=1S/C8H12N2/c1-8(2,3)5-7(6-9)10-4/h7H,5H2,1-3H3. The van der Waals surface area contributed by atoms with Crippen molar-refractivity contribution >= 4 is 0 Å². The van der Waals surface area contributed by atoms with Gasteiger partial charge in [-0.3, -0.25) is 4.85 Å². The van der Waals surface area contributed by atoms with Gasteiger partial charge < -0.3 is 0 Å². The van der Waals surface area contributed by atoms with Gasteiger partial charge in [-0.1, -0.05) is 20.8 Å². The Morgan fingerprint density at radius 2 is 2.10 bits per heavy atom. The number of nitriles is 1. The van der Waals surface area contributed by atoms with Gasteiger partial charge in [0.1, 0.15) is 0 Å². The SMILES string of the molecule is [C-]#[N+]C(C#N)CC(C)(C)C. The Kier molecular flexibility index (Phi) is 2.90. The smallest absolute Gasteiger partial charge is 0.297 e. The lowest BCUT2D eigenvalue weighted by atomic mass is 9.89. The maximum Gasteiger partial charge on any atom is 0.307 e. The van der Waals surface area contributed by atoms with Gasteiger partial charge >= 0.3 is 6.04 Å². The molecule has 10 heavy (non-hydrogen) atoms. The van der Waals surface area contributed by atoms with Gasteiger partial charge in [-0.2, -0.15) is 5.26 Å². The average Bonchev–Trinajstić information content (AvgIpc) is 1.81. The Morgan fingerprint density at radius 3 is 2.20 bits per heavy atom. The molecule has 0 amide bonds. The lowest BCUT2D eigenvalue weighted by Gasteiger charge is -2.15. The molecule has 0 rings (SSSR count). The maximum atomic E-state index is 8.43. The first-order valence-corrected chi connectivity index (χ1v) is 3.26. The van der Waals surface area contributed by atoms with E-state index in [1.807, 2.05) is 26.8 Å². The van der Waals surface area contributed by atoms with Gasteiger partial charge in [-0.15, -0.1) is 0 Å². The highest BCUT2D eigenvalue weighted by molar-refractivity contribution is 5.00. The van der Waals surface area contributed by atoms with Crippen LogP contribution in [0.25, 0.3) is 4.85 Å². The molecule has 0 spiro atoms. The van der Waals surface area contributed by atoms with Crippen LogP contribution in [0.2, 0.25) is 0 Å². The molecule has 2 heteroatoms. The highest BCUT2D eigenvalue weighted by Gasteiger charge is 2.21. The van der Waals surface area contributed by atoms with Crippen molar-refractivity contribution in [3.05, 3.63) is 11.4 Å². The average molecular weight is 136 g/mol. The fraction of sp³-hybridized carbons (Fsp3) is 0.750. The Morgan fingerprint density at radius 1 is 1.60 bits per heavy atom. The van der Waals surface area contributed by atoms with E-state index in [-0.39, 0.29) is 5.41 Å². The summed E-state index contributed by atoms with van der Waals surface area (Å²) in [5, 5.41) is 8.43. The normalized spacial score (nSPS) is 13.3. The molecular formula is C8H12N2. The van der Waals surface area contributed by atoms with Gasteiger partial charge in [-0.05, 0) is 5.41 Å². The third kappa shape index (κ3) is 3.92. The number of hydrogen-bond acceptors (Lipinski definition) is 1. The minimum atomic E-state index is -0.458. The molecule has 0 aromatic rings. The van der Waals surface area contributed by atoms with Crippen LogP contribution in [0.15, 0.2) is 0 Å². The molecule has 1 atom stereocenters. The van der Waals surface area contributed by atoms with Crippen LogP contribution in [0.4, 0.5) is 0 Å². The molecule has 0 aromatic heterocycles. The molecule has 54 valence electrons. The summed E-state index contributed by atoms with van der Waals surface area (Å²) in [5.41, 5.74) is 0.0882. The predicted molar refractivity (Wildman–Crippen MR) is 40.1 cm³/mol. The van der Waals surface area contributed by atoms with Crippen molar-refractivity contribution in [3.8, 4) is 6.07 Å². The van der Waals surface area contributed by atoms with Crippen LogP contribution in [-0.4, -0.2) is 6.04 Å². The highest BCUT2D eigenvalue weighted by Crippen LogP contribution is 2.21. The van der Waals surface area contributed by atoms with Crippen molar-refractivity contribution in [2.45, 2.75) is 33.2 Å². The van der Waals surface area contributed by atoms with Crippen LogP contribution < -0.4 is 0 Å². The van der Waals surface area contributed by atoms with Crippen LogP contribution in [0.1, 0.15) is 27.2 Å². The third-order valence-electron chi connectivity index (χ3n) is 1.11. The Labute approximate surface area is 62.3 Å². The van der Waals surface area contributed by atoms with E-state index in [9.17, 15) is 0 Å². The lowest BCUT2D eigenvalue weighted by Crippen LogP contribution is -2.12. The van der Waals surface area contributed by atoms with Gasteiger partial charge in [0.25, 0.3) is 0 Å². The quantitative estimate of drug-likeness (QED) is 0.508. The fourth-order valence-corrected chi connectivity index (χ4v) is 0.700. The largest absolute Gasteiger partial charge is 0.307 e. The van der Waals surface area contributed by atoms with Gasteiger partial charge in [-0.25, -0.2) is 6.57 Å². The molecule has 0 bridgehead atoms. The van der Waals surface area contributed by atoms with E-state index in [0.717, 1.165) is 0 Å². The minimum absolute atomic E-state index is 0.0882. The summed E-state index contributed by atoms with van der Waals surface area (Å²) in [4.78, 5) is 3.18. The summed E-state index contributed by atoms with van der Waals surface area (Å²) in [5.74, 6) is 0. The third-order valence-corrected chi connectivity index (χ3v) is 1.11. The molecule has 0 aliphatic heterocycles. The number of nitrogens with zero attached hydrogens (tertiary/aromatic N) is 2. The number of hydrogen-bond donors (Lipinski definition) is 0. The van der Waals surface area contributed by atoms with E-state index >= 15 is 0 Å². The van der Waals surface area contributed by atoms with Gasteiger partial charge in [0.15, 0.2) is 6.07 Å². The molecule has 0 fully saturated rings. The zero-order chi connectivity index (χ0) is 8.20. The molecule has 0 radical (unpaired) electrons. The molecule has 0 saturated carbocycles. The van der Waals surface area contributed by atoms with E-state index < -0.39 is 6.04 Å². The molecule has 0 aliphatic carbocycles. The first-order valence-electron chi connectivity index (χ1n) is 3.26. The van der Waals surface area contributed by atoms with E-state index in [1.165, 1.54) is 0 Å². The summed E-state index contributed by atoms with van der Waals surface area (Å²) in [6.45, 7) is 12.7. The Hall–Kier alpha value is -1.02. The lowest BCUT2D eigenvalue weighted by molar-refractivity contribution is 0.376. The number of rotatable bonds is 1. The van der Waals surface area contributed by atoms with Gasteiger partial charge in [0, 0.05) is 6.42 Å². The van der Waals surface area contributed by atoms with Gasteiger partial charge in [0.05, 0.1) is 0 Å². The Bertz CT molecular complexity index is 161. The van der Waals surface area contributed by atoms with Crippen LogP contribution in [0, 0.1) is 23.3 Å². The second kappa shape index (κ2) is 3.22. The highest BCUT2D eigenvalue weighted by atomic mass is 14.7. The topological polar surface area (TPSA) is 28.1 Å². The summed E-state index contributed by atoms with van der Waals surface area (Å²) < 4.78 is 0. The van der Waals surface area contributed by atoms with Crippen LogP contribution in [0.3, 0.4) is 0 Å². The first-order chi connectivity index (χ1) is 4.49. The van der Waals surface area contributed by atoms with Crippen LogP contribution in [0.5, 0.6) is 0 Å². The summed E-state index contributed by atoms with van der Waals surface area (Å²) in [6, 6.07) is 1.50. The molecule has 0 saturated heterocycles. The molecule has 0 aromatic carbocycles. The fourth-order valence-electron chi connectivity index (χ4n) is 0.700. The van der Waals surface area contributed by atoms with E-state index in [1.54, 1.807) is 0 Å². The van der Waals surface area contributed by atoms with E-state index in [0.29, 0.717) is 6.42 Å². The second-order valence-electron chi connectivity index (χ2n) is 3.54. The minimum Gasteiger partial charge on any atom is -0.297 e. The van der Waals surface area contributed by atoms with Crippen molar-refractivity contribution < 1.29 is 0 Å². The predicted octanol–water partition coefficient (Wildman–Crippen LogP) is 2.23.